The molecule has 0 fully saturated rings. The molecule has 2 nitrogen and oxygen atoms in total. The summed E-state index contributed by atoms with van der Waals surface area (Å²) in [7, 11) is 0. The molecule has 1 rings (SSSR count). The average Bonchev–Trinajstić information content (AvgIpc) is 2.51. The minimum Gasteiger partial charge on any atom is -0.398 e. The molecular weight excluding hydrogens is 204 g/mol. The lowest BCUT2D eigenvalue weighted by Gasteiger charge is -2.29. The Morgan fingerprint density at radius 3 is 2.60 bits per heavy atom. The number of hydrogen-bond acceptors (Lipinski definition) is 3. The lowest BCUT2D eigenvalue weighted by atomic mass is 9.81. The molecule has 0 aliphatic carbocycles. The van der Waals surface area contributed by atoms with Crippen LogP contribution in [0.15, 0.2) is 11.4 Å². The maximum Gasteiger partial charge on any atom is 0.0468 e. The summed E-state index contributed by atoms with van der Waals surface area (Å²) in [5.74, 6) is 0.686. The Labute approximate surface area is 96.9 Å². The third kappa shape index (κ3) is 3.50. The van der Waals surface area contributed by atoms with Gasteiger partial charge in [-0.15, -0.1) is 11.3 Å². The molecule has 15 heavy (non-hydrogen) atoms. The number of nitrogens with two attached hydrogens (primary N) is 1. The molecule has 86 valence electrons. The molecule has 3 N–H and O–H groups in total. The summed E-state index contributed by atoms with van der Waals surface area (Å²) in [5.41, 5.74) is 7.07. The van der Waals surface area contributed by atoms with Gasteiger partial charge in [0.2, 0.25) is 0 Å². The Kier molecular flexibility index (Phi) is 4.17. The zero-order valence-corrected chi connectivity index (χ0v) is 10.9. The van der Waals surface area contributed by atoms with Crippen LogP contribution in [0.3, 0.4) is 0 Å². The van der Waals surface area contributed by atoms with E-state index in [1.165, 1.54) is 4.88 Å². The number of rotatable bonds is 5. The maximum atomic E-state index is 5.82. The van der Waals surface area contributed by atoms with Crippen LogP contribution < -0.4 is 11.1 Å². The standard InChI is InChI=1S/C12H22N2S/c1-9(2)12(3,4)8-14-7-11-10(13)5-6-15-11/h5-6,9,14H,7-8,13H2,1-4H3. The summed E-state index contributed by atoms with van der Waals surface area (Å²) in [6, 6.07) is 1.97. The molecular formula is C12H22N2S. The first-order valence-electron chi connectivity index (χ1n) is 5.46. The van der Waals surface area contributed by atoms with Crippen LogP contribution >= 0.6 is 11.3 Å². The van der Waals surface area contributed by atoms with Gasteiger partial charge in [0.1, 0.15) is 0 Å². The Balaban J connectivity index is 2.37. The second-order valence-electron chi connectivity index (χ2n) is 5.05. The van der Waals surface area contributed by atoms with Gasteiger partial charge in [-0.25, -0.2) is 0 Å². The van der Waals surface area contributed by atoms with E-state index in [1.54, 1.807) is 11.3 Å². The first-order chi connectivity index (χ1) is 6.93. The maximum absolute atomic E-state index is 5.82. The van der Waals surface area contributed by atoms with E-state index < -0.39 is 0 Å². The van der Waals surface area contributed by atoms with E-state index in [1.807, 2.05) is 11.4 Å². The first kappa shape index (κ1) is 12.5. The molecule has 0 saturated carbocycles. The monoisotopic (exact) mass is 226 g/mol. The summed E-state index contributed by atoms with van der Waals surface area (Å²) in [6.45, 7) is 11.0. The SMILES string of the molecule is CC(C)C(C)(C)CNCc1sccc1N. The number of hydrogen-bond donors (Lipinski definition) is 2. The third-order valence-corrected chi connectivity index (χ3v) is 4.15. The van der Waals surface area contributed by atoms with Crippen LogP contribution in [0.1, 0.15) is 32.6 Å². The van der Waals surface area contributed by atoms with E-state index in [-0.39, 0.29) is 0 Å². The average molecular weight is 226 g/mol. The largest absolute Gasteiger partial charge is 0.398 e. The quantitative estimate of drug-likeness (QED) is 0.809. The predicted octanol–water partition coefficient (Wildman–Crippen LogP) is 3.10. The Bertz CT molecular complexity index is 302. The molecule has 3 heteroatoms. The van der Waals surface area contributed by atoms with E-state index >= 15 is 0 Å². The van der Waals surface area contributed by atoms with Crippen LogP contribution in [-0.4, -0.2) is 6.54 Å². The van der Waals surface area contributed by atoms with Gasteiger partial charge in [-0.2, -0.15) is 0 Å². The molecule has 0 radical (unpaired) electrons. The Morgan fingerprint density at radius 1 is 1.47 bits per heavy atom. The van der Waals surface area contributed by atoms with Gasteiger partial charge < -0.3 is 11.1 Å². The molecule has 0 saturated heterocycles. The fourth-order valence-corrected chi connectivity index (χ4v) is 1.96. The van der Waals surface area contributed by atoms with Crippen molar-refractivity contribution < 1.29 is 0 Å². The highest BCUT2D eigenvalue weighted by atomic mass is 32.1. The van der Waals surface area contributed by atoms with E-state index in [9.17, 15) is 0 Å². The van der Waals surface area contributed by atoms with Crippen molar-refractivity contribution >= 4 is 17.0 Å². The molecule has 0 atom stereocenters. The van der Waals surface area contributed by atoms with Crippen LogP contribution in [0.4, 0.5) is 5.69 Å². The van der Waals surface area contributed by atoms with Crippen molar-refractivity contribution in [1.82, 2.24) is 5.32 Å². The van der Waals surface area contributed by atoms with Gasteiger partial charge >= 0.3 is 0 Å². The van der Waals surface area contributed by atoms with Gasteiger partial charge in [0, 0.05) is 23.7 Å². The van der Waals surface area contributed by atoms with Crippen LogP contribution in [-0.2, 0) is 6.54 Å². The lowest BCUT2D eigenvalue weighted by Crippen LogP contribution is -2.33. The van der Waals surface area contributed by atoms with Crippen molar-refractivity contribution in [2.75, 3.05) is 12.3 Å². The fraction of sp³-hybridized carbons (Fsp3) is 0.667. The summed E-state index contributed by atoms with van der Waals surface area (Å²) in [6.07, 6.45) is 0. The second kappa shape index (κ2) is 4.99. The molecule has 1 aromatic heterocycles. The van der Waals surface area contributed by atoms with E-state index in [0.29, 0.717) is 11.3 Å². The first-order valence-corrected chi connectivity index (χ1v) is 6.34. The highest BCUT2D eigenvalue weighted by Gasteiger charge is 2.21. The minimum absolute atomic E-state index is 0.339. The van der Waals surface area contributed by atoms with Gasteiger partial charge in [-0.3, -0.25) is 0 Å². The Morgan fingerprint density at radius 2 is 2.13 bits per heavy atom. The van der Waals surface area contributed by atoms with Gasteiger partial charge in [0.05, 0.1) is 0 Å². The topological polar surface area (TPSA) is 38.0 Å². The van der Waals surface area contributed by atoms with E-state index in [0.717, 1.165) is 18.8 Å². The summed E-state index contributed by atoms with van der Waals surface area (Å²) in [5, 5.41) is 5.52. The molecule has 0 aromatic carbocycles. The summed E-state index contributed by atoms with van der Waals surface area (Å²) in [4.78, 5) is 1.24. The predicted molar refractivity (Wildman–Crippen MR) is 69.1 cm³/mol. The zero-order chi connectivity index (χ0) is 11.5. The van der Waals surface area contributed by atoms with Gasteiger partial charge in [-0.05, 0) is 22.8 Å². The molecule has 0 aliphatic heterocycles. The molecule has 0 aliphatic rings. The van der Waals surface area contributed by atoms with Crippen molar-refractivity contribution in [3.05, 3.63) is 16.3 Å². The molecule has 0 amide bonds. The van der Waals surface area contributed by atoms with Gasteiger partial charge in [0.15, 0.2) is 0 Å². The highest BCUT2D eigenvalue weighted by Crippen LogP contribution is 2.25. The fourth-order valence-electron chi connectivity index (χ4n) is 1.20. The van der Waals surface area contributed by atoms with Crippen LogP contribution in [0.25, 0.3) is 0 Å². The zero-order valence-electron chi connectivity index (χ0n) is 10.1. The molecule has 0 spiro atoms. The van der Waals surface area contributed by atoms with Crippen LogP contribution in [0, 0.1) is 11.3 Å². The van der Waals surface area contributed by atoms with Crippen LogP contribution in [0.5, 0.6) is 0 Å². The molecule has 1 heterocycles. The minimum atomic E-state index is 0.339. The normalized spacial score (nSPS) is 12.3. The number of nitrogen functional groups attached to an aromatic ring is 1. The molecule has 0 bridgehead atoms. The third-order valence-electron chi connectivity index (χ3n) is 3.21. The van der Waals surface area contributed by atoms with Crippen molar-refractivity contribution in [2.24, 2.45) is 11.3 Å². The van der Waals surface area contributed by atoms with E-state index in [2.05, 4.69) is 33.0 Å². The number of thiophene rings is 1. The van der Waals surface area contributed by atoms with Crippen molar-refractivity contribution in [1.29, 1.82) is 0 Å². The number of nitrogens with one attached hydrogen (secondary N) is 1. The van der Waals surface area contributed by atoms with E-state index in [4.69, 9.17) is 5.73 Å². The van der Waals surface area contributed by atoms with Crippen molar-refractivity contribution in [3.63, 3.8) is 0 Å². The Hall–Kier alpha value is -0.540. The summed E-state index contributed by atoms with van der Waals surface area (Å²) >= 11 is 1.72. The molecule has 0 unspecified atom stereocenters. The van der Waals surface area contributed by atoms with Crippen LogP contribution in [0.2, 0.25) is 0 Å². The lowest BCUT2D eigenvalue weighted by molar-refractivity contribution is 0.238. The van der Waals surface area contributed by atoms with Crippen molar-refractivity contribution in [3.8, 4) is 0 Å². The highest BCUT2D eigenvalue weighted by molar-refractivity contribution is 7.10. The molecule has 1 aromatic rings. The van der Waals surface area contributed by atoms with Crippen molar-refractivity contribution in [2.45, 2.75) is 34.2 Å². The van der Waals surface area contributed by atoms with Gasteiger partial charge in [0.25, 0.3) is 0 Å². The summed E-state index contributed by atoms with van der Waals surface area (Å²) < 4.78 is 0. The smallest absolute Gasteiger partial charge is 0.0468 e. The second-order valence-corrected chi connectivity index (χ2v) is 6.05. The number of anilines is 1. The van der Waals surface area contributed by atoms with Gasteiger partial charge in [-0.1, -0.05) is 27.7 Å².